The average molecular weight is 277 g/mol. The molecular formula is C17H27NS. The average Bonchev–Trinajstić information content (AvgIpc) is 2.94. The van der Waals surface area contributed by atoms with Crippen LogP contribution < -0.4 is 5.32 Å². The quantitative estimate of drug-likeness (QED) is 0.817. The Bertz CT molecular complexity index is 379. The van der Waals surface area contributed by atoms with Crippen LogP contribution in [-0.2, 0) is 6.42 Å². The van der Waals surface area contributed by atoms with Crippen molar-refractivity contribution in [2.75, 3.05) is 12.8 Å². The lowest BCUT2D eigenvalue weighted by molar-refractivity contribution is 0.486. The van der Waals surface area contributed by atoms with Gasteiger partial charge in [0.05, 0.1) is 0 Å². The molecule has 1 nitrogen and oxygen atoms in total. The molecule has 1 aromatic rings. The lowest BCUT2D eigenvalue weighted by atomic mass is 10.0. The molecule has 1 saturated carbocycles. The van der Waals surface area contributed by atoms with Crippen LogP contribution in [0.15, 0.2) is 24.3 Å². The first-order chi connectivity index (χ1) is 9.19. The van der Waals surface area contributed by atoms with Crippen molar-refractivity contribution in [3.63, 3.8) is 0 Å². The highest BCUT2D eigenvalue weighted by molar-refractivity contribution is 8.00. The van der Waals surface area contributed by atoms with Gasteiger partial charge < -0.3 is 5.32 Å². The van der Waals surface area contributed by atoms with Crippen molar-refractivity contribution >= 4 is 11.8 Å². The van der Waals surface area contributed by atoms with Crippen molar-refractivity contribution in [2.45, 2.75) is 56.7 Å². The van der Waals surface area contributed by atoms with Crippen LogP contribution in [0.25, 0.3) is 0 Å². The van der Waals surface area contributed by atoms with Gasteiger partial charge in [0, 0.05) is 17.3 Å². The molecule has 0 amide bonds. The van der Waals surface area contributed by atoms with Gasteiger partial charge in [0.25, 0.3) is 0 Å². The Kier molecular flexibility index (Phi) is 5.35. The lowest BCUT2D eigenvalue weighted by Gasteiger charge is -2.29. The topological polar surface area (TPSA) is 12.0 Å². The molecule has 0 saturated heterocycles. The highest BCUT2D eigenvalue weighted by Crippen LogP contribution is 2.39. The van der Waals surface area contributed by atoms with Crippen molar-refractivity contribution in [3.05, 3.63) is 35.4 Å². The lowest BCUT2D eigenvalue weighted by Crippen LogP contribution is -2.36. The Morgan fingerprint density at radius 3 is 2.37 bits per heavy atom. The fraction of sp³-hybridized carbons (Fsp3) is 0.647. The minimum absolute atomic E-state index is 0.454. The summed E-state index contributed by atoms with van der Waals surface area (Å²) in [6, 6.07) is 9.52. The second-order valence-corrected chi connectivity index (χ2v) is 7.07. The second-order valence-electron chi connectivity index (χ2n) is 5.79. The van der Waals surface area contributed by atoms with Crippen LogP contribution in [0.4, 0.5) is 0 Å². The number of thioether (sulfide) groups is 1. The molecule has 0 heterocycles. The minimum atomic E-state index is 0.454. The molecule has 1 unspecified atom stereocenters. The van der Waals surface area contributed by atoms with Gasteiger partial charge in [0.2, 0.25) is 0 Å². The molecule has 1 aliphatic carbocycles. The number of rotatable bonds is 6. The highest BCUT2D eigenvalue weighted by atomic mass is 32.2. The first-order valence-electron chi connectivity index (χ1n) is 7.56. The van der Waals surface area contributed by atoms with E-state index in [1.165, 1.54) is 36.8 Å². The van der Waals surface area contributed by atoms with Crippen molar-refractivity contribution in [1.29, 1.82) is 0 Å². The zero-order chi connectivity index (χ0) is 13.7. The largest absolute Gasteiger partial charge is 0.309 e. The molecule has 106 valence electrons. The maximum absolute atomic E-state index is 3.75. The standard InChI is InChI=1S/C17H27NS/c1-4-15-7-9-16(10-8-15)14(2)18-13-17(19-3)11-5-6-12-17/h7-10,14,18H,4-6,11-13H2,1-3H3. The van der Waals surface area contributed by atoms with E-state index < -0.39 is 0 Å². The van der Waals surface area contributed by atoms with Gasteiger partial charge in [-0.2, -0.15) is 11.8 Å². The zero-order valence-corrected chi connectivity index (χ0v) is 13.4. The molecule has 19 heavy (non-hydrogen) atoms. The molecule has 2 heteroatoms. The van der Waals surface area contributed by atoms with E-state index in [2.05, 4.69) is 61.4 Å². The maximum Gasteiger partial charge on any atom is 0.0292 e. The Morgan fingerprint density at radius 1 is 1.21 bits per heavy atom. The summed E-state index contributed by atoms with van der Waals surface area (Å²) in [5.74, 6) is 0. The Morgan fingerprint density at radius 2 is 1.84 bits per heavy atom. The second kappa shape index (κ2) is 6.81. The molecule has 0 bridgehead atoms. The van der Waals surface area contributed by atoms with Crippen LogP contribution in [0, 0.1) is 0 Å². The summed E-state index contributed by atoms with van der Waals surface area (Å²) in [6.45, 7) is 5.63. The van der Waals surface area contributed by atoms with Gasteiger partial charge in [0.1, 0.15) is 0 Å². The van der Waals surface area contributed by atoms with Crippen LogP contribution in [0.1, 0.15) is 56.7 Å². The summed E-state index contributed by atoms with van der Waals surface area (Å²) >= 11 is 2.06. The van der Waals surface area contributed by atoms with Crippen LogP contribution in [0.2, 0.25) is 0 Å². The third-order valence-corrected chi connectivity index (χ3v) is 5.98. The number of hydrogen-bond acceptors (Lipinski definition) is 2. The fourth-order valence-electron chi connectivity index (χ4n) is 2.97. The zero-order valence-electron chi connectivity index (χ0n) is 12.5. The molecule has 1 aromatic carbocycles. The Labute approximate surface area is 122 Å². The van der Waals surface area contributed by atoms with Gasteiger partial charge in [-0.15, -0.1) is 0 Å². The summed E-state index contributed by atoms with van der Waals surface area (Å²) in [5.41, 5.74) is 2.83. The molecule has 0 aliphatic heterocycles. The van der Waals surface area contributed by atoms with Crippen LogP contribution >= 0.6 is 11.8 Å². The predicted octanol–water partition coefficient (Wildman–Crippen LogP) is 4.58. The smallest absolute Gasteiger partial charge is 0.0292 e. The van der Waals surface area contributed by atoms with Gasteiger partial charge in [-0.25, -0.2) is 0 Å². The molecule has 0 aromatic heterocycles. The molecular weight excluding hydrogens is 250 g/mol. The molecule has 1 atom stereocenters. The van der Waals surface area contributed by atoms with E-state index in [4.69, 9.17) is 0 Å². The first-order valence-corrected chi connectivity index (χ1v) is 8.79. The van der Waals surface area contributed by atoms with Crippen molar-refractivity contribution in [1.82, 2.24) is 5.32 Å². The fourth-order valence-corrected chi connectivity index (χ4v) is 3.90. The number of hydrogen-bond donors (Lipinski definition) is 1. The van der Waals surface area contributed by atoms with Crippen molar-refractivity contribution in [3.8, 4) is 0 Å². The van der Waals surface area contributed by atoms with E-state index in [1.54, 1.807) is 0 Å². The predicted molar refractivity (Wildman–Crippen MR) is 87.0 cm³/mol. The number of nitrogens with one attached hydrogen (secondary N) is 1. The Hall–Kier alpha value is -0.470. The van der Waals surface area contributed by atoms with Gasteiger partial charge in [-0.05, 0) is 43.6 Å². The van der Waals surface area contributed by atoms with Crippen LogP contribution in [0.5, 0.6) is 0 Å². The third-order valence-electron chi connectivity index (χ3n) is 4.57. The van der Waals surface area contributed by atoms with Gasteiger partial charge in [-0.1, -0.05) is 44.0 Å². The number of aryl methyl sites for hydroxylation is 1. The normalized spacial score (nSPS) is 19.5. The summed E-state index contributed by atoms with van der Waals surface area (Å²) < 4.78 is 0.498. The molecule has 0 spiro atoms. The van der Waals surface area contributed by atoms with E-state index in [-0.39, 0.29) is 0 Å². The van der Waals surface area contributed by atoms with Crippen LogP contribution in [-0.4, -0.2) is 17.5 Å². The van der Waals surface area contributed by atoms with Gasteiger partial charge >= 0.3 is 0 Å². The highest BCUT2D eigenvalue weighted by Gasteiger charge is 2.32. The van der Waals surface area contributed by atoms with Crippen molar-refractivity contribution in [2.24, 2.45) is 0 Å². The molecule has 1 fully saturated rings. The first kappa shape index (κ1) is 14.9. The number of benzene rings is 1. The molecule has 1 N–H and O–H groups in total. The SMILES string of the molecule is CCc1ccc(C(C)NCC2(SC)CCCC2)cc1. The summed E-state index contributed by atoms with van der Waals surface area (Å²) in [4.78, 5) is 0. The minimum Gasteiger partial charge on any atom is -0.309 e. The maximum atomic E-state index is 3.75. The van der Waals surface area contributed by atoms with Gasteiger partial charge in [0.15, 0.2) is 0 Å². The summed E-state index contributed by atoms with van der Waals surface area (Å²) in [7, 11) is 0. The van der Waals surface area contributed by atoms with Crippen LogP contribution in [0.3, 0.4) is 0 Å². The van der Waals surface area contributed by atoms with E-state index in [0.717, 1.165) is 13.0 Å². The monoisotopic (exact) mass is 277 g/mol. The summed E-state index contributed by atoms with van der Waals surface area (Å²) in [6.07, 6.45) is 8.96. The van der Waals surface area contributed by atoms with Gasteiger partial charge in [-0.3, -0.25) is 0 Å². The van der Waals surface area contributed by atoms with E-state index in [0.29, 0.717) is 10.8 Å². The molecule has 1 aliphatic rings. The Balaban J connectivity index is 1.91. The van der Waals surface area contributed by atoms with E-state index in [9.17, 15) is 0 Å². The summed E-state index contributed by atoms with van der Waals surface area (Å²) in [5, 5.41) is 3.75. The third kappa shape index (κ3) is 3.76. The van der Waals surface area contributed by atoms with E-state index >= 15 is 0 Å². The molecule has 0 radical (unpaired) electrons. The van der Waals surface area contributed by atoms with Crippen molar-refractivity contribution < 1.29 is 0 Å². The molecule has 2 rings (SSSR count). The van der Waals surface area contributed by atoms with E-state index in [1.807, 2.05) is 0 Å².